The third-order valence-electron chi connectivity index (χ3n) is 4.06. The molecule has 1 aromatic rings. The van der Waals surface area contributed by atoms with Crippen LogP contribution in [0, 0.1) is 15.5 Å². The summed E-state index contributed by atoms with van der Waals surface area (Å²) < 4.78 is 5.04. The summed E-state index contributed by atoms with van der Waals surface area (Å²) in [7, 11) is 1.62. The average Bonchev–Trinajstić information content (AvgIpc) is 3.30. The van der Waals surface area contributed by atoms with Crippen molar-refractivity contribution < 1.29 is 24.4 Å². The maximum absolute atomic E-state index is 12.2. The minimum atomic E-state index is -1.32. The first-order chi connectivity index (χ1) is 10.9. The SMILES string of the molecule is COCCC1(CNC(=O)c2cc(C(=O)O)cc([N+](=O)[O-])c2)CC1. The number of non-ortho nitro benzene ring substituents is 1. The Kier molecular flexibility index (Phi) is 4.95. The summed E-state index contributed by atoms with van der Waals surface area (Å²) >= 11 is 0. The van der Waals surface area contributed by atoms with Gasteiger partial charge in [0.25, 0.3) is 11.6 Å². The van der Waals surface area contributed by atoms with Crippen LogP contribution < -0.4 is 5.32 Å². The quantitative estimate of drug-likeness (QED) is 0.557. The van der Waals surface area contributed by atoms with E-state index >= 15 is 0 Å². The lowest BCUT2D eigenvalue weighted by Crippen LogP contribution is -2.31. The van der Waals surface area contributed by atoms with E-state index in [-0.39, 0.29) is 16.5 Å². The van der Waals surface area contributed by atoms with Gasteiger partial charge in [0.05, 0.1) is 10.5 Å². The van der Waals surface area contributed by atoms with Crippen LogP contribution in [0.15, 0.2) is 18.2 Å². The van der Waals surface area contributed by atoms with Crippen molar-refractivity contribution in [3.8, 4) is 0 Å². The molecule has 0 spiro atoms. The molecule has 0 saturated heterocycles. The van der Waals surface area contributed by atoms with Crippen molar-refractivity contribution in [1.82, 2.24) is 5.32 Å². The number of benzene rings is 1. The normalized spacial score (nSPS) is 15.0. The fourth-order valence-electron chi connectivity index (χ4n) is 2.35. The number of nitro benzene ring substituents is 1. The van der Waals surface area contributed by atoms with Gasteiger partial charge in [0, 0.05) is 38.0 Å². The maximum Gasteiger partial charge on any atom is 0.335 e. The zero-order valence-electron chi connectivity index (χ0n) is 12.7. The smallest absolute Gasteiger partial charge is 0.335 e. The van der Waals surface area contributed by atoms with E-state index in [1.807, 2.05) is 0 Å². The minimum absolute atomic E-state index is 0.0286. The van der Waals surface area contributed by atoms with Crippen molar-refractivity contribution >= 4 is 17.6 Å². The van der Waals surface area contributed by atoms with Crippen LogP contribution in [0.3, 0.4) is 0 Å². The van der Waals surface area contributed by atoms with Crippen molar-refractivity contribution in [2.75, 3.05) is 20.3 Å². The van der Waals surface area contributed by atoms with Crippen LogP contribution in [0.5, 0.6) is 0 Å². The van der Waals surface area contributed by atoms with Crippen LogP contribution >= 0.6 is 0 Å². The number of aromatic carboxylic acids is 1. The Bertz CT molecular complexity index is 607. The van der Waals surface area contributed by atoms with Gasteiger partial charge in [0.15, 0.2) is 0 Å². The third kappa shape index (κ3) is 4.26. The highest BCUT2D eigenvalue weighted by atomic mass is 16.6. The number of carboxylic acid groups (broad SMARTS) is 1. The molecular formula is C15H18N2O6. The van der Waals surface area contributed by atoms with E-state index in [0.29, 0.717) is 13.2 Å². The van der Waals surface area contributed by atoms with Crippen LogP contribution in [0.4, 0.5) is 5.69 Å². The molecule has 0 unspecified atom stereocenters. The predicted octanol–water partition coefficient (Wildman–Crippen LogP) is 1.84. The van der Waals surface area contributed by atoms with Crippen LogP contribution in [0.25, 0.3) is 0 Å². The number of rotatable bonds is 8. The number of methoxy groups -OCH3 is 1. The first kappa shape index (κ1) is 16.9. The monoisotopic (exact) mass is 322 g/mol. The van der Waals surface area contributed by atoms with E-state index in [1.54, 1.807) is 7.11 Å². The number of ether oxygens (including phenoxy) is 1. The summed E-state index contributed by atoms with van der Waals surface area (Å²) in [5.74, 6) is -1.83. The second kappa shape index (κ2) is 6.74. The second-order valence-electron chi connectivity index (χ2n) is 5.76. The molecule has 2 rings (SSSR count). The van der Waals surface area contributed by atoms with Gasteiger partial charge in [-0.25, -0.2) is 4.79 Å². The van der Waals surface area contributed by atoms with E-state index < -0.39 is 22.5 Å². The number of carbonyl (C=O) groups excluding carboxylic acids is 1. The second-order valence-corrected chi connectivity index (χ2v) is 5.76. The van der Waals surface area contributed by atoms with E-state index in [9.17, 15) is 19.7 Å². The van der Waals surface area contributed by atoms with Gasteiger partial charge in [-0.1, -0.05) is 0 Å². The topological polar surface area (TPSA) is 119 Å². The lowest BCUT2D eigenvalue weighted by molar-refractivity contribution is -0.384. The molecule has 8 nitrogen and oxygen atoms in total. The molecule has 1 fully saturated rings. The molecule has 0 aliphatic heterocycles. The molecule has 0 heterocycles. The number of nitrogens with one attached hydrogen (secondary N) is 1. The van der Waals surface area contributed by atoms with Gasteiger partial charge in [-0.15, -0.1) is 0 Å². The fourth-order valence-corrected chi connectivity index (χ4v) is 2.35. The molecule has 0 atom stereocenters. The summed E-state index contributed by atoms with van der Waals surface area (Å²) in [6.45, 7) is 1.05. The van der Waals surface area contributed by atoms with Gasteiger partial charge in [0.2, 0.25) is 0 Å². The summed E-state index contributed by atoms with van der Waals surface area (Å²) in [6.07, 6.45) is 2.82. The first-order valence-corrected chi connectivity index (χ1v) is 7.17. The summed E-state index contributed by atoms with van der Waals surface area (Å²) in [6, 6.07) is 3.15. The van der Waals surface area contributed by atoms with Gasteiger partial charge in [-0.2, -0.15) is 0 Å². The number of hydrogen-bond acceptors (Lipinski definition) is 5. The summed E-state index contributed by atoms with van der Waals surface area (Å²) in [4.78, 5) is 33.4. The molecule has 0 bridgehead atoms. The van der Waals surface area contributed by atoms with Gasteiger partial charge >= 0.3 is 5.97 Å². The lowest BCUT2D eigenvalue weighted by Gasteiger charge is -2.15. The molecule has 1 aliphatic rings. The van der Waals surface area contributed by atoms with E-state index in [1.165, 1.54) is 0 Å². The van der Waals surface area contributed by atoms with Crippen molar-refractivity contribution in [3.05, 3.63) is 39.4 Å². The number of carboxylic acids is 1. The minimum Gasteiger partial charge on any atom is -0.478 e. The number of carbonyl (C=O) groups is 2. The Hall–Kier alpha value is -2.48. The Morgan fingerprint density at radius 3 is 2.52 bits per heavy atom. The van der Waals surface area contributed by atoms with Gasteiger partial charge in [-0.3, -0.25) is 14.9 Å². The van der Waals surface area contributed by atoms with Gasteiger partial charge in [-0.05, 0) is 30.7 Å². The molecule has 0 aromatic heterocycles. The van der Waals surface area contributed by atoms with E-state index in [0.717, 1.165) is 37.5 Å². The largest absolute Gasteiger partial charge is 0.478 e. The predicted molar refractivity (Wildman–Crippen MR) is 80.5 cm³/mol. The standard InChI is InChI=1S/C15H18N2O6/c1-23-5-4-15(2-3-15)9-16-13(18)10-6-11(14(19)20)8-12(7-10)17(21)22/h6-8H,2-5,9H2,1H3,(H,16,18)(H,19,20). The Morgan fingerprint density at radius 1 is 1.35 bits per heavy atom. The Morgan fingerprint density at radius 2 is 2.00 bits per heavy atom. The first-order valence-electron chi connectivity index (χ1n) is 7.17. The third-order valence-corrected chi connectivity index (χ3v) is 4.06. The molecule has 124 valence electrons. The van der Waals surface area contributed by atoms with Gasteiger partial charge in [0.1, 0.15) is 0 Å². The van der Waals surface area contributed by atoms with Crippen molar-refractivity contribution in [2.24, 2.45) is 5.41 Å². The van der Waals surface area contributed by atoms with Crippen molar-refractivity contribution in [3.63, 3.8) is 0 Å². The van der Waals surface area contributed by atoms with Crippen LogP contribution in [0.1, 0.15) is 40.0 Å². The fraction of sp³-hybridized carbons (Fsp3) is 0.467. The molecular weight excluding hydrogens is 304 g/mol. The maximum atomic E-state index is 12.2. The molecule has 1 aliphatic carbocycles. The van der Waals surface area contributed by atoms with Crippen LogP contribution in [-0.4, -0.2) is 42.2 Å². The zero-order chi connectivity index (χ0) is 17.0. The lowest BCUT2D eigenvalue weighted by atomic mass is 10.0. The van der Waals surface area contributed by atoms with Crippen molar-refractivity contribution in [2.45, 2.75) is 19.3 Å². The summed E-state index contributed by atoms with van der Waals surface area (Å²) in [5, 5.41) is 22.6. The highest BCUT2D eigenvalue weighted by Gasteiger charge is 2.42. The highest BCUT2D eigenvalue weighted by molar-refractivity contribution is 5.98. The highest BCUT2D eigenvalue weighted by Crippen LogP contribution is 2.48. The molecule has 1 amide bonds. The molecule has 2 N–H and O–H groups in total. The average molecular weight is 322 g/mol. The number of nitro groups is 1. The summed E-state index contributed by atoms with van der Waals surface area (Å²) in [5.41, 5.74) is -0.707. The van der Waals surface area contributed by atoms with Gasteiger partial charge < -0.3 is 15.2 Å². The van der Waals surface area contributed by atoms with E-state index in [4.69, 9.17) is 9.84 Å². The molecule has 23 heavy (non-hydrogen) atoms. The zero-order valence-corrected chi connectivity index (χ0v) is 12.7. The van der Waals surface area contributed by atoms with E-state index in [2.05, 4.69) is 5.32 Å². The van der Waals surface area contributed by atoms with Crippen LogP contribution in [0.2, 0.25) is 0 Å². The Balaban J connectivity index is 2.09. The number of hydrogen-bond donors (Lipinski definition) is 2. The number of nitrogens with zero attached hydrogens (tertiary/aromatic N) is 1. The molecule has 1 aromatic carbocycles. The van der Waals surface area contributed by atoms with Crippen molar-refractivity contribution in [1.29, 1.82) is 0 Å². The molecule has 8 heteroatoms. The molecule has 1 saturated carbocycles. The Labute approximate surface area is 132 Å². The number of amides is 1. The van der Waals surface area contributed by atoms with Crippen LogP contribution in [-0.2, 0) is 4.74 Å². The molecule has 0 radical (unpaired) electrons.